The van der Waals surface area contributed by atoms with Crippen LogP contribution < -0.4 is 0 Å². The SMILES string of the molecule is CSc1nc(CCN(C)C(=O)OCc2ccccc2)cn2c(Br)cnc12. The normalized spacial score (nSPS) is 10.9. The maximum Gasteiger partial charge on any atom is 0.409 e. The molecular formula is C18H19BrN4O2S. The molecule has 3 aromatic rings. The number of aromatic nitrogens is 3. The first-order valence-electron chi connectivity index (χ1n) is 8.06. The van der Waals surface area contributed by atoms with Gasteiger partial charge < -0.3 is 9.64 Å². The van der Waals surface area contributed by atoms with Crippen LogP contribution in [0.5, 0.6) is 0 Å². The van der Waals surface area contributed by atoms with E-state index in [0.717, 1.165) is 26.5 Å². The zero-order valence-electron chi connectivity index (χ0n) is 14.6. The Hall–Kier alpha value is -2.06. The number of likely N-dealkylation sites (N-methyl/N-ethyl adjacent to an activating group) is 1. The third kappa shape index (κ3) is 4.37. The maximum atomic E-state index is 12.1. The highest BCUT2D eigenvalue weighted by atomic mass is 79.9. The molecule has 0 atom stereocenters. The first-order chi connectivity index (χ1) is 12.6. The van der Waals surface area contributed by atoms with E-state index in [4.69, 9.17) is 4.74 Å². The van der Waals surface area contributed by atoms with Crippen molar-refractivity contribution in [2.75, 3.05) is 19.8 Å². The van der Waals surface area contributed by atoms with E-state index in [9.17, 15) is 4.79 Å². The molecule has 8 heteroatoms. The molecule has 136 valence electrons. The Labute approximate surface area is 164 Å². The molecule has 0 N–H and O–H groups in total. The van der Waals surface area contributed by atoms with Crippen LogP contribution in [0.2, 0.25) is 0 Å². The Morgan fingerprint density at radius 3 is 2.85 bits per heavy atom. The lowest BCUT2D eigenvalue weighted by Gasteiger charge is -2.17. The van der Waals surface area contributed by atoms with Gasteiger partial charge in [-0.3, -0.25) is 4.40 Å². The van der Waals surface area contributed by atoms with Gasteiger partial charge in [-0.2, -0.15) is 0 Å². The predicted octanol–water partition coefficient (Wildman–Crippen LogP) is 4.02. The molecule has 0 radical (unpaired) electrons. The number of thioether (sulfide) groups is 1. The molecule has 0 bridgehead atoms. The van der Waals surface area contributed by atoms with Crippen molar-refractivity contribution in [3.8, 4) is 0 Å². The molecule has 0 unspecified atom stereocenters. The summed E-state index contributed by atoms with van der Waals surface area (Å²) in [6.45, 7) is 0.791. The summed E-state index contributed by atoms with van der Waals surface area (Å²) in [5.74, 6) is 0. The van der Waals surface area contributed by atoms with E-state index >= 15 is 0 Å². The molecule has 1 aromatic carbocycles. The Bertz CT molecular complexity index is 901. The topological polar surface area (TPSA) is 59.7 Å². The van der Waals surface area contributed by atoms with Crippen molar-refractivity contribution in [3.63, 3.8) is 0 Å². The summed E-state index contributed by atoms with van der Waals surface area (Å²) in [6.07, 6.45) is 5.96. The number of carbonyl (C=O) groups excluding carboxylic acids is 1. The molecule has 2 aromatic heterocycles. The van der Waals surface area contributed by atoms with Crippen molar-refractivity contribution in [2.24, 2.45) is 0 Å². The molecule has 3 rings (SSSR count). The van der Waals surface area contributed by atoms with Crippen LogP contribution in [0.4, 0.5) is 4.79 Å². The van der Waals surface area contributed by atoms with Gasteiger partial charge in [-0.1, -0.05) is 30.3 Å². The Morgan fingerprint density at radius 1 is 1.35 bits per heavy atom. The number of fused-ring (bicyclic) bond motifs is 1. The average molecular weight is 435 g/mol. The van der Waals surface area contributed by atoms with Crippen molar-refractivity contribution in [3.05, 3.63) is 58.6 Å². The fraction of sp³-hybridized carbons (Fsp3) is 0.278. The largest absolute Gasteiger partial charge is 0.445 e. The second kappa shape index (κ2) is 8.55. The summed E-state index contributed by atoms with van der Waals surface area (Å²) in [6, 6.07) is 9.64. The summed E-state index contributed by atoms with van der Waals surface area (Å²) in [4.78, 5) is 22.7. The van der Waals surface area contributed by atoms with Crippen LogP contribution in [-0.2, 0) is 17.8 Å². The van der Waals surface area contributed by atoms with E-state index in [0.29, 0.717) is 13.0 Å². The van der Waals surface area contributed by atoms with E-state index in [1.165, 1.54) is 0 Å². The standard InChI is InChI=1S/C18H19BrN4O2S/c1-22(18(24)25-12-13-6-4-3-5-7-13)9-8-14-11-23-15(19)10-20-16(23)17(21-14)26-2/h3-7,10-11H,8-9,12H2,1-2H3. The van der Waals surface area contributed by atoms with Gasteiger partial charge in [0.2, 0.25) is 0 Å². The van der Waals surface area contributed by atoms with Gasteiger partial charge in [-0.05, 0) is 27.7 Å². The van der Waals surface area contributed by atoms with Crippen LogP contribution in [0.3, 0.4) is 0 Å². The zero-order chi connectivity index (χ0) is 18.5. The molecule has 6 nitrogen and oxygen atoms in total. The Kier molecular flexibility index (Phi) is 6.16. The van der Waals surface area contributed by atoms with Crippen molar-refractivity contribution in [2.45, 2.75) is 18.1 Å². The lowest BCUT2D eigenvalue weighted by Crippen LogP contribution is -2.29. The molecule has 0 fully saturated rings. The van der Waals surface area contributed by atoms with Gasteiger partial charge in [0.25, 0.3) is 0 Å². The summed E-state index contributed by atoms with van der Waals surface area (Å²) < 4.78 is 8.18. The summed E-state index contributed by atoms with van der Waals surface area (Å²) in [7, 11) is 1.73. The van der Waals surface area contributed by atoms with Crippen LogP contribution in [-0.4, -0.2) is 45.2 Å². The zero-order valence-corrected chi connectivity index (χ0v) is 17.0. The van der Waals surface area contributed by atoms with Gasteiger partial charge in [-0.25, -0.2) is 14.8 Å². The summed E-state index contributed by atoms with van der Waals surface area (Å²) in [5, 5.41) is 0.863. The minimum absolute atomic E-state index is 0.271. The number of imidazole rings is 1. The van der Waals surface area contributed by atoms with Crippen LogP contribution in [0.25, 0.3) is 5.65 Å². The van der Waals surface area contributed by atoms with Crippen molar-refractivity contribution in [1.29, 1.82) is 0 Å². The molecular weight excluding hydrogens is 416 g/mol. The number of halogens is 1. The van der Waals surface area contributed by atoms with Crippen LogP contribution in [0.15, 0.2) is 52.4 Å². The molecule has 26 heavy (non-hydrogen) atoms. The van der Waals surface area contributed by atoms with Gasteiger partial charge in [-0.15, -0.1) is 11.8 Å². The van der Waals surface area contributed by atoms with E-state index in [2.05, 4.69) is 25.9 Å². The fourth-order valence-corrected chi connectivity index (χ4v) is 3.35. The molecule has 0 saturated carbocycles. The Balaban J connectivity index is 1.60. The third-order valence-corrected chi connectivity index (χ3v) is 5.13. The minimum Gasteiger partial charge on any atom is -0.445 e. The number of rotatable bonds is 6. The van der Waals surface area contributed by atoms with Crippen molar-refractivity contribution in [1.82, 2.24) is 19.3 Å². The highest BCUT2D eigenvalue weighted by Gasteiger charge is 2.13. The highest BCUT2D eigenvalue weighted by molar-refractivity contribution is 9.10. The smallest absolute Gasteiger partial charge is 0.409 e. The van der Waals surface area contributed by atoms with Gasteiger partial charge in [0.15, 0.2) is 5.65 Å². The van der Waals surface area contributed by atoms with Crippen molar-refractivity contribution >= 4 is 39.4 Å². The first-order valence-corrected chi connectivity index (χ1v) is 10.1. The molecule has 2 heterocycles. The van der Waals surface area contributed by atoms with E-state index < -0.39 is 0 Å². The fourth-order valence-electron chi connectivity index (χ4n) is 2.44. The van der Waals surface area contributed by atoms with Gasteiger partial charge in [0.1, 0.15) is 16.2 Å². The minimum atomic E-state index is -0.344. The van der Waals surface area contributed by atoms with Gasteiger partial charge in [0, 0.05) is 26.2 Å². The number of amides is 1. The number of carbonyl (C=O) groups is 1. The van der Waals surface area contributed by atoms with Crippen LogP contribution >= 0.6 is 27.7 Å². The first kappa shape index (κ1) is 18.7. The van der Waals surface area contributed by atoms with E-state index in [-0.39, 0.29) is 12.7 Å². The maximum absolute atomic E-state index is 12.1. The van der Waals surface area contributed by atoms with Crippen LogP contribution in [0.1, 0.15) is 11.3 Å². The van der Waals surface area contributed by atoms with Crippen LogP contribution in [0, 0.1) is 0 Å². The predicted molar refractivity (Wildman–Crippen MR) is 105 cm³/mol. The lowest BCUT2D eigenvalue weighted by molar-refractivity contribution is 0.105. The van der Waals surface area contributed by atoms with Crippen molar-refractivity contribution < 1.29 is 9.53 Å². The molecule has 0 aliphatic rings. The summed E-state index contributed by atoms with van der Waals surface area (Å²) in [5.41, 5.74) is 2.68. The second-order valence-corrected chi connectivity index (χ2v) is 7.34. The number of benzene rings is 1. The summed E-state index contributed by atoms with van der Waals surface area (Å²) >= 11 is 5.04. The average Bonchev–Trinajstić information content (AvgIpc) is 3.05. The van der Waals surface area contributed by atoms with E-state index in [1.54, 1.807) is 29.9 Å². The second-order valence-electron chi connectivity index (χ2n) is 5.73. The molecule has 0 aliphatic carbocycles. The number of hydrogen-bond donors (Lipinski definition) is 0. The van der Waals surface area contributed by atoms with E-state index in [1.807, 2.05) is 47.2 Å². The third-order valence-electron chi connectivity index (χ3n) is 3.88. The quantitative estimate of drug-likeness (QED) is 0.548. The number of ether oxygens (including phenoxy) is 1. The lowest BCUT2D eigenvalue weighted by atomic mass is 10.2. The van der Waals surface area contributed by atoms with Gasteiger partial charge in [0.05, 0.1) is 11.9 Å². The molecule has 0 saturated heterocycles. The highest BCUT2D eigenvalue weighted by Crippen LogP contribution is 2.22. The number of hydrogen-bond acceptors (Lipinski definition) is 5. The molecule has 0 spiro atoms. The van der Waals surface area contributed by atoms with Gasteiger partial charge >= 0.3 is 6.09 Å². The molecule has 1 amide bonds. The molecule has 0 aliphatic heterocycles. The monoisotopic (exact) mass is 434 g/mol. The number of nitrogens with zero attached hydrogens (tertiary/aromatic N) is 4. The Morgan fingerprint density at radius 2 is 2.12 bits per heavy atom.